The highest BCUT2D eigenvalue weighted by Gasteiger charge is 2.14. The summed E-state index contributed by atoms with van der Waals surface area (Å²) < 4.78 is 15.3. The van der Waals surface area contributed by atoms with Gasteiger partial charge in [0.1, 0.15) is 11.2 Å². The van der Waals surface area contributed by atoms with Crippen molar-refractivity contribution >= 4 is 17.1 Å². The van der Waals surface area contributed by atoms with E-state index in [0.717, 1.165) is 11.1 Å². The Morgan fingerprint density at radius 1 is 1.27 bits per heavy atom. The number of furan rings is 1. The lowest BCUT2D eigenvalue weighted by molar-refractivity contribution is 0.0594. The molecular weight excluding hydrogens is 284 g/mol. The molecule has 0 aliphatic heterocycles. The summed E-state index contributed by atoms with van der Waals surface area (Å²) in [6, 6.07) is 7.11. The third-order valence-electron chi connectivity index (χ3n) is 3.28. The van der Waals surface area contributed by atoms with Crippen molar-refractivity contribution in [3.05, 3.63) is 53.5 Å². The van der Waals surface area contributed by atoms with Crippen molar-refractivity contribution in [3.63, 3.8) is 0 Å². The number of methoxy groups -OCH3 is 2. The van der Waals surface area contributed by atoms with Gasteiger partial charge in [0.05, 0.1) is 20.5 Å². The number of ether oxygens (including phenoxy) is 2. The van der Waals surface area contributed by atoms with Crippen LogP contribution in [0.2, 0.25) is 0 Å². The van der Waals surface area contributed by atoms with Gasteiger partial charge in [-0.3, -0.25) is 0 Å². The van der Waals surface area contributed by atoms with Gasteiger partial charge in [-0.2, -0.15) is 0 Å². The Morgan fingerprint density at radius 3 is 2.82 bits per heavy atom. The first kappa shape index (κ1) is 14.1. The van der Waals surface area contributed by atoms with Gasteiger partial charge in [-0.05, 0) is 11.6 Å². The summed E-state index contributed by atoms with van der Waals surface area (Å²) in [7, 11) is 2.90. The summed E-state index contributed by atoms with van der Waals surface area (Å²) in [5.41, 5.74) is 3.36. The second-order valence-electron chi connectivity index (χ2n) is 4.68. The molecule has 0 aromatic carbocycles. The zero-order valence-corrected chi connectivity index (χ0v) is 12.2. The van der Waals surface area contributed by atoms with Gasteiger partial charge in [0, 0.05) is 30.3 Å². The van der Waals surface area contributed by atoms with Crippen molar-refractivity contribution in [1.82, 2.24) is 9.97 Å². The third-order valence-corrected chi connectivity index (χ3v) is 3.28. The van der Waals surface area contributed by atoms with Gasteiger partial charge in [-0.1, -0.05) is 6.07 Å². The number of pyridine rings is 2. The Morgan fingerprint density at radius 2 is 2.14 bits per heavy atom. The van der Waals surface area contributed by atoms with Crippen molar-refractivity contribution in [2.45, 2.75) is 6.42 Å². The van der Waals surface area contributed by atoms with Crippen molar-refractivity contribution in [2.24, 2.45) is 0 Å². The van der Waals surface area contributed by atoms with Gasteiger partial charge < -0.3 is 13.9 Å². The minimum absolute atomic E-state index is 0.257. The maximum absolute atomic E-state index is 11.7. The van der Waals surface area contributed by atoms with E-state index in [1.807, 2.05) is 6.07 Å². The van der Waals surface area contributed by atoms with Gasteiger partial charge in [-0.15, -0.1) is 0 Å². The molecule has 0 saturated heterocycles. The number of carbonyl (C=O) groups is 1. The minimum atomic E-state index is -0.475. The Kier molecular flexibility index (Phi) is 3.74. The second-order valence-corrected chi connectivity index (χ2v) is 4.68. The molecule has 6 heteroatoms. The molecule has 112 valence electrons. The summed E-state index contributed by atoms with van der Waals surface area (Å²) >= 11 is 0. The van der Waals surface area contributed by atoms with Crippen LogP contribution in [0, 0.1) is 0 Å². The van der Waals surface area contributed by atoms with Crippen LogP contribution in [0.1, 0.15) is 21.6 Å². The van der Waals surface area contributed by atoms with Crippen LogP contribution in [0.4, 0.5) is 0 Å². The predicted molar refractivity (Wildman–Crippen MR) is 78.9 cm³/mol. The number of hydrogen-bond acceptors (Lipinski definition) is 6. The van der Waals surface area contributed by atoms with Crippen LogP contribution >= 0.6 is 0 Å². The molecular formula is C16H14N2O4. The molecule has 0 amide bonds. The molecule has 0 radical (unpaired) electrons. The van der Waals surface area contributed by atoms with Gasteiger partial charge in [0.15, 0.2) is 5.58 Å². The lowest BCUT2D eigenvalue weighted by Gasteiger charge is -2.06. The highest BCUT2D eigenvalue weighted by atomic mass is 16.5. The van der Waals surface area contributed by atoms with E-state index in [1.54, 1.807) is 37.8 Å². The zero-order chi connectivity index (χ0) is 15.5. The highest BCUT2D eigenvalue weighted by Crippen LogP contribution is 2.23. The summed E-state index contributed by atoms with van der Waals surface area (Å²) in [5, 5.41) is 0. The van der Waals surface area contributed by atoms with Crippen LogP contribution in [0.25, 0.3) is 11.1 Å². The molecule has 0 aliphatic rings. The average Bonchev–Trinajstić information content (AvgIpc) is 3.03. The van der Waals surface area contributed by atoms with Crippen LogP contribution in [-0.4, -0.2) is 30.2 Å². The van der Waals surface area contributed by atoms with Gasteiger partial charge in [0.25, 0.3) is 0 Å². The van der Waals surface area contributed by atoms with E-state index in [-0.39, 0.29) is 5.69 Å². The normalized spacial score (nSPS) is 10.6. The Hall–Kier alpha value is -2.89. The molecule has 3 aromatic heterocycles. The number of aromatic nitrogens is 2. The van der Waals surface area contributed by atoms with Crippen LogP contribution in [-0.2, 0) is 11.2 Å². The molecule has 6 nitrogen and oxygen atoms in total. The number of rotatable bonds is 4. The van der Waals surface area contributed by atoms with E-state index in [9.17, 15) is 4.79 Å². The van der Waals surface area contributed by atoms with E-state index >= 15 is 0 Å². The van der Waals surface area contributed by atoms with Crippen molar-refractivity contribution in [1.29, 1.82) is 0 Å². The fourth-order valence-electron chi connectivity index (χ4n) is 2.22. The predicted octanol–water partition coefficient (Wildman–Crippen LogP) is 2.61. The quantitative estimate of drug-likeness (QED) is 0.689. The molecule has 0 spiro atoms. The smallest absolute Gasteiger partial charge is 0.356 e. The van der Waals surface area contributed by atoms with Crippen LogP contribution in [0.3, 0.4) is 0 Å². The topological polar surface area (TPSA) is 74.5 Å². The second kappa shape index (κ2) is 5.85. The minimum Gasteiger partial charge on any atom is -0.481 e. The molecule has 0 bridgehead atoms. The fraction of sp³-hybridized carbons (Fsp3) is 0.188. The van der Waals surface area contributed by atoms with Crippen LogP contribution in [0.5, 0.6) is 5.88 Å². The average molecular weight is 298 g/mol. The zero-order valence-electron chi connectivity index (χ0n) is 12.2. The molecule has 3 heterocycles. The van der Waals surface area contributed by atoms with E-state index < -0.39 is 5.97 Å². The number of nitrogens with zero attached hydrogens (tertiary/aromatic N) is 2. The van der Waals surface area contributed by atoms with Crippen molar-refractivity contribution < 1.29 is 18.7 Å². The standard InChI is InChI=1S/C16H14N2O4/c1-20-14-4-3-10(9-17-14)7-11-8-13(16(19)21-2)18-12-5-6-22-15(11)12/h3-6,8-9H,7H2,1-2H3. The summed E-state index contributed by atoms with van der Waals surface area (Å²) in [4.78, 5) is 20.1. The lowest BCUT2D eigenvalue weighted by atomic mass is 10.1. The monoisotopic (exact) mass is 298 g/mol. The molecule has 0 N–H and O–H groups in total. The van der Waals surface area contributed by atoms with E-state index in [1.165, 1.54) is 7.11 Å². The molecule has 3 aromatic rings. The Labute approximate surface area is 126 Å². The first-order valence-electron chi connectivity index (χ1n) is 6.65. The van der Waals surface area contributed by atoms with E-state index in [2.05, 4.69) is 9.97 Å². The Balaban J connectivity index is 2.00. The first-order chi connectivity index (χ1) is 10.7. The van der Waals surface area contributed by atoms with E-state index in [0.29, 0.717) is 23.4 Å². The van der Waals surface area contributed by atoms with Crippen LogP contribution in [0.15, 0.2) is 41.1 Å². The largest absolute Gasteiger partial charge is 0.481 e. The van der Waals surface area contributed by atoms with Gasteiger partial charge >= 0.3 is 5.97 Å². The van der Waals surface area contributed by atoms with Gasteiger partial charge in [-0.25, -0.2) is 14.8 Å². The molecule has 22 heavy (non-hydrogen) atoms. The summed E-state index contributed by atoms with van der Waals surface area (Å²) in [6.07, 6.45) is 3.84. The molecule has 0 atom stereocenters. The van der Waals surface area contributed by atoms with Crippen molar-refractivity contribution in [3.8, 4) is 5.88 Å². The maximum atomic E-state index is 11.7. The number of fused-ring (bicyclic) bond motifs is 1. The molecule has 3 rings (SSSR count). The van der Waals surface area contributed by atoms with Crippen LogP contribution < -0.4 is 4.74 Å². The highest BCUT2D eigenvalue weighted by molar-refractivity contribution is 5.91. The van der Waals surface area contributed by atoms with E-state index in [4.69, 9.17) is 13.9 Å². The van der Waals surface area contributed by atoms with Gasteiger partial charge in [0.2, 0.25) is 5.88 Å². The molecule has 0 unspecified atom stereocenters. The summed E-state index contributed by atoms with van der Waals surface area (Å²) in [6.45, 7) is 0. The fourth-order valence-corrected chi connectivity index (χ4v) is 2.22. The SMILES string of the molecule is COC(=O)c1cc(Cc2ccc(OC)nc2)c2occc2n1. The number of carbonyl (C=O) groups excluding carboxylic acids is 1. The molecule has 0 saturated carbocycles. The van der Waals surface area contributed by atoms with Crippen molar-refractivity contribution in [2.75, 3.05) is 14.2 Å². The summed E-state index contributed by atoms with van der Waals surface area (Å²) in [5.74, 6) is 0.0779. The number of esters is 1. The Bertz CT molecular complexity index is 809. The molecule has 0 fully saturated rings. The molecule has 0 aliphatic carbocycles. The first-order valence-corrected chi connectivity index (χ1v) is 6.65. The number of hydrogen-bond donors (Lipinski definition) is 0. The third kappa shape index (κ3) is 2.63. The maximum Gasteiger partial charge on any atom is 0.356 e. The lowest BCUT2D eigenvalue weighted by Crippen LogP contribution is -2.05.